The Bertz CT molecular complexity index is 113. The Labute approximate surface area is 58.4 Å². The second kappa shape index (κ2) is 3.50. The molecule has 0 amide bonds. The van der Waals surface area contributed by atoms with Gasteiger partial charge in [-0.25, -0.2) is 4.74 Å². The van der Waals surface area contributed by atoms with Crippen molar-refractivity contribution < 1.29 is 20.1 Å². The van der Waals surface area contributed by atoms with Crippen molar-refractivity contribution in [3.05, 3.63) is 5.21 Å². The molecule has 5 heteroatoms. The first-order valence-electron chi connectivity index (χ1n) is 2.73. The quantitative estimate of drug-likeness (QED) is 0.185. The van der Waals surface area contributed by atoms with Gasteiger partial charge in [-0.3, -0.25) is 0 Å². The lowest BCUT2D eigenvalue weighted by atomic mass is 10.1. The summed E-state index contributed by atoms with van der Waals surface area (Å²) in [6.07, 6.45) is 0. The fraction of sp³-hybridized carbons (Fsp3) is 0.800. The van der Waals surface area contributed by atoms with Gasteiger partial charge >= 0.3 is 0 Å². The Morgan fingerprint density at radius 2 is 1.50 bits per heavy atom. The van der Waals surface area contributed by atoms with Gasteiger partial charge < -0.3 is 20.5 Å². The maximum atomic E-state index is 10.5. The van der Waals surface area contributed by atoms with Crippen LogP contribution >= 0.6 is 0 Å². The molecule has 3 N–H and O–H groups in total. The third-order valence-corrected chi connectivity index (χ3v) is 1.41. The van der Waals surface area contributed by atoms with Gasteiger partial charge in [-0.15, -0.1) is 0 Å². The first kappa shape index (κ1) is 9.35. The highest BCUT2D eigenvalue weighted by Crippen LogP contribution is 2.05. The molecule has 0 bridgehead atoms. The van der Waals surface area contributed by atoms with E-state index in [1.807, 2.05) is 0 Å². The minimum atomic E-state index is -1.54. The number of hydrogen-bond acceptors (Lipinski definition) is 4. The molecule has 5 nitrogen and oxygen atoms in total. The predicted octanol–water partition coefficient (Wildman–Crippen LogP) is -2.09. The summed E-state index contributed by atoms with van der Waals surface area (Å²) in [6.45, 7) is 1.07. The summed E-state index contributed by atoms with van der Waals surface area (Å²) in [6, 6.07) is 0. The molecule has 0 saturated heterocycles. The van der Waals surface area contributed by atoms with Gasteiger partial charge in [0.05, 0.1) is 0 Å². The zero-order valence-electron chi connectivity index (χ0n) is 5.53. The largest absolute Gasteiger partial charge is 0.624 e. The summed E-state index contributed by atoms with van der Waals surface area (Å²) >= 11 is 0. The molecule has 0 fully saturated rings. The highest BCUT2D eigenvalue weighted by Gasteiger charge is 2.35. The molecule has 0 aliphatic rings. The van der Waals surface area contributed by atoms with E-state index in [0.717, 1.165) is 0 Å². The van der Waals surface area contributed by atoms with Gasteiger partial charge in [0.1, 0.15) is 26.5 Å². The normalized spacial score (nSPS) is 11.5. The maximum Gasteiger partial charge on any atom is 0.240 e. The molecule has 0 heterocycles. The molecule has 10 heavy (non-hydrogen) atoms. The number of rotatable bonds is 4. The Balaban J connectivity index is 4.31. The summed E-state index contributed by atoms with van der Waals surface area (Å²) in [5.74, 6) is 0. The van der Waals surface area contributed by atoms with E-state index in [1.165, 1.54) is 0 Å². The number of hydrogen-bond donors (Lipinski definition) is 3. The third-order valence-electron chi connectivity index (χ3n) is 1.41. The third kappa shape index (κ3) is 1.44. The zero-order chi connectivity index (χ0) is 8.20. The second-order valence-electron chi connectivity index (χ2n) is 2.08. The Hall–Kier alpha value is -0.650. The second-order valence-corrected chi connectivity index (χ2v) is 2.08. The molecule has 0 aliphatic carbocycles. The molecular formula is C5H11NO4. The number of nitrogens with zero attached hydrogens (tertiary/aromatic N) is 1. The first-order chi connectivity index (χ1) is 4.63. The van der Waals surface area contributed by atoms with Gasteiger partial charge in [0.2, 0.25) is 5.54 Å². The molecule has 0 aromatic heterocycles. The molecule has 0 saturated carbocycles. The standard InChI is InChI=1S/C5H11NO4/c1-6(10)5(2-7,3-8)4-9/h7-9H,1-4H2. The Morgan fingerprint density at radius 1 is 1.20 bits per heavy atom. The van der Waals surface area contributed by atoms with Gasteiger partial charge in [-0.1, -0.05) is 0 Å². The van der Waals surface area contributed by atoms with Crippen LogP contribution in [0.5, 0.6) is 0 Å². The van der Waals surface area contributed by atoms with Gasteiger partial charge in [0.15, 0.2) is 0 Å². The first-order valence-corrected chi connectivity index (χ1v) is 2.73. The fourth-order valence-electron chi connectivity index (χ4n) is 0.387. The van der Waals surface area contributed by atoms with Crippen LogP contribution in [0.2, 0.25) is 0 Å². The zero-order valence-corrected chi connectivity index (χ0v) is 5.53. The lowest BCUT2D eigenvalue weighted by Gasteiger charge is -2.24. The van der Waals surface area contributed by atoms with E-state index < -0.39 is 25.4 Å². The summed E-state index contributed by atoms with van der Waals surface area (Å²) in [7, 11) is 0. The van der Waals surface area contributed by atoms with Crippen molar-refractivity contribution >= 4 is 6.72 Å². The summed E-state index contributed by atoms with van der Waals surface area (Å²) in [5.41, 5.74) is -1.54. The minimum Gasteiger partial charge on any atom is -0.624 e. The molecule has 0 rings (SSSR count). The van der Waals surface area contributed by atoms with Crippen molar-refractivity contribution in [2.24, 2.45) is 0 Å². The fourth-order valence-corrected chi connectivity index (χ4v) is 0.387. The van der Waals surface area contributed by atoms with E-state index in [9.17, 15) is 5.21 Å². The van der Waals surface area contributed by atoms with E-state index in [2.05, 4.69) is 6.72 Å². The van der Waals surface area contributed by atoms with Gasteiger partial charge in [0, 0.05) is 0 Å². The monoisotopic (exact) mass is 149 g/mol. The average Bonchev–Trinajstić information content (AvgIpc) is 1.92. The SMILES string of the molecule is C=[N+]([O-])C(CO)(CO)CO. The van der Waals surface area contributed by atoms with Crippen LogP contribution in [0, 0.1) is 5.21 Å². The van der Waals surface area contributed by atoms with E-state index in [4.69, 9.17) is 15.3 Å². The molecule has 0 radical (unpaired) electrons. The van der Waals surface area contributed by atoms with Crippen molar-refractivity contribution in [3.8, 4) is 0 Å². The van der Waals surface area contributed by atoms with Crippen LogP contribution in [0.1, 0.15) is 0 Å². The van der Waals surface area contributed by atoms with Crippen LogP contribution in [0.15, 0.2) is 0 Å². The lowest BCUT2D eigenvalue weighted by molar-refractivity contribution is -0.554. The van der Waals surface area contributed by atoms with Gasteiger partial charge in [-0.05, 0) is 0 Å². The number of aliphatic hydroxyl groups is 3. The molecule has 0 aliphatic heterocycles. The van der Waals surface area contributed by atoms with Crippen LogP contribution < -0.4 is 0 Å². The Morgan fingerprint density at radius 3 is 1.50 bits per heavy atom. The van der Waals surface area contributed by atoms with E-state index in [-0.39, 0.29) is 4.74 Å². The average molecular weight is 149 g/mol. The summed E-state index contributed by atoms with van der Waals surface area (Å²) < 4.78 is 0.104. The summed E-state index contributed by atoms with van der Waals surface area (Å²) in [5, 5.41) is 36.1. The van der Waals surface area contributed by atoms with Crippen LogP contribution in [0.3, 0.4) is 0 Å². The number of hydroxylamine groups is 1. The van der Waals surface area contributed by atoms with E-state index >= 15 is 0 Å². The molecule has 0 aromatic rings. The van der Waals surface area contributed by atoms with Crippen LogP contribution in [-0.2, 0) is 0 Å². The van der Waals surface area contributed by atoms with Crippen LogP contribution in [0.4, 0.5) is 0 Å². The molecule has 0 atom stereocenters. The molecule has 0 unspecified atom stereocenters. The highest BCUT2D eigenvalue weighted by atomic mass is 16.5. The van der Waals surface area contributed by atoms with Gasteiger partial charge in [0.25, 0.3) is 0 Å². The summed E-state index contributed by atoms with van der Waals surface area (Å²) in [4.78, 5) is 0. The van der Waals surface area contributed by atoms with Crippen molar-refractivity contribution in [1.29, 1.82) is 0 Å². The van der Waals surface area contributed by atoms with Crippen molar-refractivity contribution in [2.45, 2.75) is 5.54 Å². The highest BCUT2D eigenvalue weighted by molar-refractivity contribution is 5.16. The predicted molar refractivity (Wildman–Crippen MR) is 34.7 cm³/mol. The van der Waals surface area contributed by atoms with Crippen molar-refractivity contribution in [1.82, 2.24) is 0 Å². The molecule has 0 aromatic carbocycles. The molecular weight excluding hydrogens is 138 g/mol. The van der Waals surface area contributed by atoms with Gasteiger partial charge in [-0.2, -0.15) is 0 Å². The lowest BCUT2D eigenvalue weighted by Crippen LogP contribution is -2.49. The minimum absolute atomic E-state index is 0.104. The molecule has 60 valence electrons. The maximum absolute atomic E-state index is 10.5. The smallest absolute Gasteiger partial charge is 0.240 e. The van der Waals surface area contributed by atoms with E-state index in [0.29, 0.717) is 0 Å². The number of aliphatic hydroxyl groups excluding tert-OH is 3. The van der Waals surface area contributed by atoms with Crippen molar-refractivity contribution in [3.63, 3.8) is 0 Å². The van der Waals surface area contributed by atoms with Crippen molar-refractivity contribution in [2.75, 3.05) is 19.8 Å². The van der Waals surface area contributed by atoms with Crippen LogP contribution in [-0.4, -0.2) is 52.1 Å². The Kier molecular flexibility index (Phi) is 3.27. The van der Waals surface area contributed by atoms with E-state index in [1.54, 1.807) is 0 Å². The van der Waals surface area contributed by atoms with Crippen LogP contribution in [0.25, 0.3) is 0 Å². The molecule has 0 spiro atoms. The topological polar surface area (TPSA) is 86.8 Å².